The summed E-state index contributed by atoms with van der Waals surface area (Å²) in [5.74, 6) is 0. The molecule has 0 aromatic carbocycles. The fraction of sp³-hybridized carbons (Fsp3) is 0.385. The molecule has 0 unspecified atom stereocenters. The van der Waals surface area contributed by atoms with Crippen LogP contribution in [0.5, 0.6) is 0 Å². The first-order valence-electron chi connectivity index (χ1n) is 6.15. The average molecular weight is 299 g/mol. The van der Waals surface area contributed by atoms with E-state index in [0.29, 0.717) is 18.5 Å². The molecule has 0 saturated carbocycles. The molecule has 0 fully saturated rings. The molecule has 4 nitrogen and oxygen atoms in total. The fourth-order valence-corrected chi connectivity index (χ4v) is 3.13. The van der Waals surface area contributed by atoms with Crippen LogP contribution in [-0.2, 0) is 19.4 Å². The van der Waals surface area contributed by atoms with Gasteiger partial charge in [0, 0.05) is 9.75 Å². The number of rotatable bonds is 4. The third kappa shape index (κ3) is 2.82. The van der Waals surface area contributed by atoms with Gasteiger partial charge in [-0.05, 0) is 25.0 Å². The van der Waals surface area contributed by atoms with Crippen LogP contribution in [0.25, 0.3) is 0 Å². The Labute approximate surface area is 119 Å². The molecule has 2 aromatic heterocycles. The van der Waals surface area contributed by atoms with Gasteiger partial charge in [0.15, 0.2) is 0 Å². The van der Waals surface area contributed by atoms with Crippen LogP contribution in [0, 0.1) is 0 Å². The minimum absolute atomic E-state index is 0.147. The van der Waals surface area contributed by atoms with Crippen LogP contribution in [0.1, 0.15) is 29.2 Å². The third-order valence-electron chi connectivity index (χ3n) is 2.96. The lowest BCUT2D eigenvalue weighted by Crippen LogP contribution is -2.37. The summed E-state index contributed by atoms with van der Waals surface area (Å²) in [7, 11) is 0. The van der Waals surface area contributed by atoms with Crippen molar-refractivity contribution >= 4 is 22.9 Å². The quantitative estimate of drug-likeness (QED) is 0.881. The minimum Gasteiger partial charge on any atom is -0.297 e. The molecule has 0 saturated heterocycles. The van der Waals surface area contributed by atoms with Crippen LogP contribution in [-0.4, -0.2) is 9.55 Å². The number of aryl methyl sites for hydroxylation is 1. The van der Waals surface area contributed by atoms with Crippen LogP contribution < -0.4 is 11.2 Å². The third-order valence-corrected chi connectivity index (χ3v) is 4.50. The number of nitrogens with one attached hydrogen (secondary N) is 1. The summed E-state index contributed by atoms with van der Waals surface area (Å²) in [6, 6.07) is 3.98. The number of aromatic nitrogens is 2. The van der Waals surface area contributed by atoms with Gasteiger partial charge in [0.1, 0.15) is 5.15 Å². The molecule has 0 bridgehead atoms. The molecule has 0 aliphatic rings. The summed E-state index contributed by atoms with van der Waals surface area (Å²) < 4.78 is 1.20. The molecule has 0 amide bonds. The van der Waals surface area contributed by atoms with E-state index in [0.717, 1.165) is 11.3 Å². The maximum Gasteiger partial charge on any atom is 0.329 e. The maximum absolute atomic E-state index is 12.2. The smallest absolute Gasteiger partial charge is 0.297 e. The predicted molar refractivity (Wildman–Crippen MR) is 78.5 cm³/mol. The van der Waals surface area contributed by atoms with Crippen molar-refractivity contribution in [2.45, 2.75) is 33.2 Å². The number of hydrogen-bond donors (Lipinski definition) is 1. The Hall–Kier alpha value is -1.33. The van der Waals surface area contributed by atoms with Gasteiger partial charge in [-0.25, -0.2) is 4.79 Å². The van der Waals surface area contributed by atoms with Crippen molar-refractivity contribution in [2.75, 3.05) is 0 Å². The fourth-order valence-electron chi connectivity index (χ4n) is 1.89. The Morgan fingerprint density at radius 2 is 1.89 bits per heavy atom. The van der Waals surface area contributed by atoms with Crippen molar-refractivity contribution in [2.24, 2.45) is 0 Å². The number of H-pyrrole nitrogens is 1. The summed E-state index contributed by atoms with van der Waals surface area (Å²) in [6.07, 6.45) is 1.45. The number of nitrogens with zero attached hydrogens (tertiary/aromatic N) is 1. The summed E-state index contributed by atoms with van der Waals surface area (Å²) in [4.78, 5) is 28.8. The molecule has 0 spiro atoms. The summed E-state index contributed by atoms with van der Waals surface area (Å²) in [5.41, 5.74) is -0.310. The highest BCUT2D eigenvalue weighted by Crippen LogP contribution is 2.17. The Kier molecular flexibility index (Phi) is 4.27. The number of aromatic amines is 1. The van der Waals surface area contributed by atoms with E-state index in [4.69, 9.17) is 11.6 Å². The van der Waals surface area contributed by atoms with E-state index in [-0.39, 0.29) is 10.7 Å². The van der Waals surface area contributed by atoms with Crippen molar-refractivity contribution in [1.29, 1.82) is 0 Å². The summed E-state index contributed by atoms with van der Waals surface area (Å²) in [6.45, 7) is 4.21. The second-order valence-electron chi connectivity index (χ2n) is 4.19. The first-order chi connectivity index (χ1) is 9.06. The normalized spacial score (nSPS) is 10.9. The number of thiophene rings is 1. The Morgan fingerprint density at radius 1 is 1.21 bits per heavy atom. The zero-order valence-corrected chi connectivity index (χ0v) is 12.4. The van der Waals surface area contributed by atoms with E-state index in [1.165, 1.54) is 9.44 Å². The highest BCUT2D eigenvalue weighted by Gasteiger charge is 2.12. The van der Waals surface area contributed by atoms with Gasteiger partial charge in [-0.1, -0.05) is 25.4 Å². The molecule has 2 heterocycles. The van der Waals surface area contributed by atoms with Gasteiger partial charge in [-0.15, -0.1) is 11.3 Å². The zero-order chi connectivity index (χ0) is 14.0. The predicted octanol–water partition coefficient (Wildman–Crippen LogP) is 2.42. The second kappa shape index (κ2) is 5.75. The van der Waals surface area contributed by atoms with Crippen molar-refractivity contribution in [3.05, 3.63) is 53.4 Å². The van der Waals surface area contributed by atoms with Gasteiger partial charge in [0.2, 0.25) is 0 Å². The first-order valence-corrected chi connectivity index (χ1v) is 7.35. The summed E-state index contributed by atoms with van der Waals surface area (Å²) >= 11 is 7.49. The van der Waals surface area contributed by atoms with Gasteiger partial charge >= 0.3 is 5.69 Å². The Bertz CT molecular complexity index is 699. The second-order valence-corrected chi connectivity index (χ2v) is 5.82. The van der Waals surface area contributed by atoms with Crippen LogP contribution in [0.2, 0.25) is 5.15 Å². The SMILES string of the molecule is CCc1ccc(Cn2c(=O)[nH]c(Cl)c(CC)c2=O)s1. The lowest BCUT2D eigenvalue weighted by atomic mass is 10.2. The molecule has 2 aromatic rings. The van der Waals surface area contributed by atoms with Crippen molar-refractivity contribution in [1.82, 2.24) is 9.55 Å². The number of halogens is 1. The largest absolute Gasteiger partial charge is 0.329 e. The van der Waals surface area contributed by atoms with E-state index in [9.17, 15) is 9.59 Å². The molecule has 1 N–H and O–H groups in total. The molecular formula is C13H15ClN2O2S. The van der Waals surface area contributed by atoms with Gasteiger partial charge in [0.05, 0.1) is 12.1 Å². The lowest BCUT2D eigenvalue weighted by Gasteiger charge is -2.06. The minimum atomic E-state index is -0.460. The molecule has 0 atom stereocenters. The van der Waals surface area contributed by atoms with E-state index >= 15 is 0 Å². The Balaban J connectivity index is 2.45. The first kappa shape index (κ1) is 14.1. The molecule has 102 valence electrons. The van der Waals surface area contributed by atoms with Crippen LogP contribution in [0.4, 0.5) is 0 Å². The summed E-state index contributed by atoms with van der Waals surface area (Å²) in [5, 5.41) is 0.147. The molecule has 6 heteroatoms. The van der Waals surface area contributed by atoms with E-state index in [2.05, 4.69) is 11.9 Å². The van der Waals surface area contributed by atoms with Crippen molar-refractivity contribution < 1.29 is 0 Å². The molecule has 19 heavy (non-hydrogen) atoms. The van der Waals surface area contributed by atoms with E-state index in [1.807, 2.05) is 19.1 Å². The van der Waals surface area contributed by atoms with Gasteiger partial charge in [-0.3, -0.25) is 14.3 Å². The van der Waals surface area contributed by atoms with Crippen LogP contribution in [0.3, 0.4) is 0 Å². The molecular weight excluding hydrogens is 284 g/mol. The zero-order valence-electron chi connectivity index (χ0n) is 10.8. The van der Waals surface area contributed by atoms with E-state index < -0.39 is 5.69 Å². The monoisotopic (exact) mass is 298 g/mol. The average Bonchev–Trinajstić information content (AvgIpc) is 2.82. The maximum atomic E-state index is 12.2. The van der Waals surface area contributed by atoms with Crippen LogP contribution >= 0.6 is 22.9 Å². The number of hydrogen-bond acceptors (Lipinski definition) is 3. The van der Waals surface area contributed by atoms with Gasteiger partial charge < -0.3 is 0 Å². The standard InChI is InChI=1S/C13H15ClN2O2S/c1-3-8-5-6-9(19-8)7-16-12(17)10(4-2)11(14)15-13(16)18/h5-6H,3-4,7H2,1-2H3,(H,15,18). The molecule has 0 aliphatic carbocycles. The van der Waals surface area contributed by atoms with Crippen molar-refractivity contribution in [3.63, 3.8) is 0 Å². The van der Waals surface area contributed by atoms with Crippen LogP contribution in [0.15, 0.2) is 21.7 Å². The topological polar surface area (TPSA) is 54.9 Å². The highest BCUT2D eigenvalue weighted by molar-refractivity contribution is 7.11. The lowest BCUT2D eigenvalue weighted by molar-refractivity contribution is 0.693. The highest BCUT2D eigenvalue weighted by atomic mass is 35.5. The molecule has 0 radical (unpaired) electrons. The van der Waals surface area contributed by atoms with Crippen molar-refractivity contribution in [3.8, 4) is 0 Å². The molecule has 0 aliphatic heterocycles. The van der Waals surface area contributed by atoms with Gasteiger partial charge in [0.25, 0.3) is 5.56 Å². The Morgan fingerprint density at radius 3 is 2.47 bits per heavy atom. The van der Waals surface area contributed by atoms with E-state index in [1.54, 1.807) is 11.3 Å². The van der Waals surface area contributed by atoms with Gasteiger partial charge in [-0.2, -0.15) is 0 Å². The molecule has 2 rings (SSSR count).